The third-order valence-corrected chi connectivity index (χ3v) is 4.73. The number of rotatable bonds is 4. The first-order valence-corrected chi connectivity index (χ1v) is 9.41. The van der Waals surface area contributed by atoms with Gasteiger partial charge < -0.3 is 10.2 Å². The normalized spacial score (nSPS) is 14.8. The Morgan fingerprint density at radius 2 is 2.00 bits per heavy atom. The molecule has 0 bridgehead atoms. The lowest BCUT2D eigenvalue weighted by Crippen LogP contribution is -2.50. The van der Waals surface area contributed by atoms with E-state index in [1.54, 1.807) is 27.8 Å². The van der Waals surface area contributed by atoms with Gasteiger partial charge in [-0.25, -0.2) is 4.98 Å². The minimum absolute atomic E-state index is 0.0151. The molecule has 2 aromatic heterocycles. The summed E-state index contributed by atoms with van der Waals surface area (Å²) >= 11 is 5.93. The fourth-order valence-electron chi connectivity index (χ4n) is 2.79. The highest BCUT2D eigenvalue weighted by molar-refractivity contribution is 6.22. The van der Waals surface area contributed by atoms with Crippen molar-refractivity contribution in [1.29, 1.82) is 0 Å². The smallest absolute Gasteiger partial charge is 0.275 e. The molecule has 0 atom stereocenters. The van der Waals surface area contributed by atoms with Crippen LogP contribution in [0.3, 0.4) is 0 Å². The lowest BCUT2D eigenvalue weighted by atomic mass is 9.92. The SMILES string of the molecule is CCn1nc(C(C)(C)C)cc1C(=O)Nc1cc(C(=O)N2CC(Cl)C2)ccn1. The van der Waals surface area contributed by atoms with Gasteiger partial charge in [-0.3, -0.25) is 14.3 Å². The molecule has 1 fully saturated rings. The minimum Gasteiger partial charge on any atom is -0.336 e. The number of hydrogen-bond acceptors (Lipinski definition) is 4. The van der Waals surface area contributed by atoms with Crippen LogP contribution in [0.4, 0.5) is 5.82 Å². The Labute approximate surface area is 163 Å². The minimum atomic E-state index is -0.304. The summed E-state index contributed by atoms with van der Waals surface area (Å²) in [5, 5.41) is 7.30. The number of nitrogens with zero attached hydrogens (tertiary/aromatic N) is 4. The van der Waals surface area contributed by atoms with E-state index in [0.29, 0.717) is 36.7 Å². The lowest BCUT2D eigenvalue weighted by molar-refractivity contribution is 0.0659. The van der Waals surface area contributed by atoms with Crippen molar-refractivity contribution < 1.29 is 9.59 Å². The Morgan fingerprint density at radius 1 is 1.30 bits per heavy atom. The van der Waals surface area contributed by atoms with Crippen LogP contribution in [0.15, 0.2) is 24.4 Å². The summed E-state index contributed by atoms with van der Waals surface area (Å²) in [5.74, 6) is -0.0879. The van der Waals surface area contributed by atoms with Crippen molar-refractivity contribution in [2.75, 3.05) is 18.4 Å². The number of pyridine rings is 1. The van der Waals surface area contributed by atoms with E-state index in [1.807, 2.05) is 6.92 Å². The van der Waals surface area contributed by atoms with Crippen molar-refractivity contribution in [1.82, 2.24) is 19.7 Å². The Balaban J connectivity index is 1.78. The third-order valence-electron chi connectivity index (χ3n) is 4.45. The van der Waals surface area contributed by atoms with Crippen LogP contribution in [0.1, 0.15) is 54.2 Å². The molecule has 1 aliphatic heterocycles. The largest absolute Gasteiger partial charge is 0.336 e. The van der Waals surface area contributed by atoms with Gasteiger partial charge in [0, 0.05) is 36.8 Å². The second-order valence-electron chi connectivity index (χ2n) is 7.67. The van der Waals surface area contributed by atoms with Gasteiger partial charge in [-0.05, 0) is 25.1 Å². The van der Waals surface area contributed by atoms with Crippen LogP contribution in [-0.2, 0) is 12.0 Å². The molecule has 1 N–H and O–H groups in total. The summed E-state index contributed by atoms with van der Waals surface area (Å²) in [7, 11) is 0. The number of amides is 2. The van der Waals surface area contributed by atoms with Gasteiger partial charge in [-0.1, -0.05) is 20.8 Å². The van der Waals surface area contributed by atoms with Crippen LogP contribution in [0.25, 0.3) is 0 Å². The fraction of sp³-hybridized carbons (Fsp3) is 0.474. The number of alkyl halides is 1. The number of anilines is 1. The molecule has 144 valence electrons. The summed E-state index contributed by atoms with van der Waals surface area (Å²) in [6, 6.07) is 5.02. The third kappa shape index (κ3) is 4.13. The predicted molar refractivity (Wildman–Crippen MR) is 104 cm³/mol. The van der Waals surface area contributed by atoms with Crippen molar-refractivity contribution >= 4 is 29.2 Å². The van der Waals surface area contributed by atoms with Crippen LogP contribution >= 0.6 is 11.6 Å². The van der Waals surface area contributed by atoms with Gasteiger partial charge in [0.05, 0.1) is 11.1 Å². The first kappa shape index (κ1) is 19.4. The molecule has 0 radical (unpaired) electrons. The number of aromatic nitrogens is 3. The predicted octanol–water partition coefficient (Wildman–Crippen LogP) is 2.91. The van der Waals surface area contributed by atoms with Gasteiger partial charge in [-0.15, -0.1) is 11.6 Å². The molecule has 2 amide bonds. The number of aryl methyl sites for hydroxylation is 1. The number of carbonyl (C=O) groups is 2. The molecule has 27 heavy (non-hydrogen) atoms. The molecule has 2 aromatic rings. The maximum absolute atomic E-state index is 12.7. The summed E-state index contributed by atoms with van der Waals surface area (Å²) in [6.45, 7) is 9.74. The second kappa shape index (κ2) is 7.31. The van der Waals surface area contributed by atoms with Gasteiger partial charge >= 0.3 is 0 Å². The first-order chi connectivity index (χ1) is 12.7. The molecule has 1 saturated heterocycles. The molecule has 0 saturated carbocycles. The van der Waals surface area contributed by atoms with E-state index < -0.39 is 0 Å². The van der Waals surface area contributed by atoms with Gasteiger partial charge in [0.1, 0.15) is 11.5 Å². The molecular weight excluding hydrogens is 366 g/mol. The van der Waals surface area contributed by atoms with Crippen LogP contribution in [-0.4, -0.2) is 49.9 Å². The van der Waals surface area contributed by atoms with E-state index in [0.717, 1.165) is 5.69 Å². The van der Waals surface area contributed by atoms with E-state index in [-0.39, 0.29) is 22.6 Å². The molecule has 8 heteroatoms. The topological polar surface area (TPSA) is 80.1 Å². The molecule has 0 spiro atoms. The summed E-state index contributed by atoms with van der Waals surface area (Å²) in [5.41, 5.74) is 1.63. The number of carbonyl (C=O) groups excluding carboxylic acids is 2. The van der Waals surface area contributed by atoms with Crippen molar-refractivity contribution in [3.05, 3.63) is 41.3 Å². The first-order valence-electron chi connectivity index (χ1n) is 8.98. The highest BCUT2D eigenvalue weighted by atomic mass is 35.5. The van der Waals surface area contributed by atoms with Crippen molar-refractivity contribution in [2.24, 2.45) is 0 Å². The molecular formula is C19H24ClN5O2. The Hall–Kier alpha value is -2.41. The van der Waals surface area contributed by atoms with Crippen molar-refractivity contribution in [2.45, 2.75) is 45.0 Å². The molecule has 3 heterocycles. The van der Waals surface area contributed by atoms with E-state index in [4.69, 9.17) is 11.6 Å². The average Bonchev–Trinajstić information content (AvgIpc) is 3.03. The molecule has 0 aliphatic carbocycles. The maximum Gasteiger partial charge on any atom is 0.275 e. The number of halogens is 1. The van der Waals surface area contributed by atoms with Gasteiger partial charge in [-0.2, -0.15) is 5.10 Å². The van der Waals surface area contributed by atoms with Crippen LogP contribution < -0.4 is 5.32 Å². The summed E-state index contributed by atoms with van der Waals surface area (Å²) in [4.78, 5) is 31.0. The number of likely N-dealkylation sites (tertiary alicyclic amines) is 1. The average molecular weight is 390 g/mol. The highest BCUT2D eigenvalue weighted by Crippen LogP contribution is 2.23. The molecule has 0 unspecified atom stereocenters. The monoisotopic (exact) mass is 389 g/mol. The fourth-order valence-corrected chi connectivity index (χ4v) is 3.13. The zero-order chi connectivity index (χ0) is 19.8. The van der Waals surface area contributed by atoms with E-state index >= 15 is 0 Å². The summed E-state index contributed by atoms with van der Waals surface area (Å²) in [6.07, 6.45) is 1.51. The quantitative estimate of drug-likeness (QED) is 0.815. The Bertz CT molecular complexity index is 865. The summed E-state index contributed by atoms with van der Waals surface area (Å²) < 4.78 is 1.67. The van der Waals surface area contributed by atoms with Gasteiger partial charge in [0.25, 0.3) is 11.8 Å². The van der Waals surface area contributed by atoms with E-state index in [1.165, 1.54) is 6.20 Å². The molecule has 7 nitrogen and oxygen atoms in total. The van der Waals surface area contributed by atoms with E-state index in [2.05, 4.69) is 36.2 Å². The van der Waals surface area contributed by atoms with Gasteiger partial charge in [0.2, 0.25) is 0 Å². The molecule has 3 rings (SSSR count). The number of nitrogens with one attached hydrogen (secondary N) is 1. The van der Waals surface area contributed by atoms with Crippen LogP contribution in [0, 0.1) is 0 Å². The van der Waals surface area contributed by atoms with Crippen LogP contribution in [0.5, 0.6) is 0 Å². The molecule has 1 aliphatic rings. The second-order valence-corrected chi connectivity index (χ2v) is 8.29. The highest BCUT2D eigenvalue weighted by Gasteiger charge is 2.30. The lowest BCUT2D eigenvalue weighted by Gasteiger charge is -2.35. The van der Waals surface area contributed by atoms with Crippen LogP contribution in [0.2, 0.25) is 0 Å². The standard InChI is InChI=1S/C19H24ClN5O2/c1-5-25-14(9-15(23-25)19(2,3)4)17(26)22-16-8-12(6-7-21-16)18(27)24-10-13(20)11-24/h6-9,13H,5,10-11H2,1-4H3,(H,21,22,26). The molecule has 0 aromatic carbocycles. The maximum atomic E-state index is 12.7. The van der Waals surface area contributed by atoms with Gasteiger partial charge in [0.15, 0.2) is 0 Å². The Kier molecular flexibility index (Phi) is 5.24. The van der Waals surface area contributed by atoms with Crippen molar-refractivity contribution in [3.8, 4) is 0 Å². The number of hydrogen-bond donors (Lipinski definition) is 1. The van der Waals surface area contributed by atoms with E-state index in [9.17, 15) is 9.59 Å². The zero-order valence-corrected chi connectivity index (χ0v) is 16.7. The Morgan fingerprint density at radius 3 is 2.59 bits per heavy atom. The van der Waals surface area contributed by atoms with Crippen molar-refractivity contribution in [3.63, 3.8) is 0 Å². The zero-order valence-electron chi connectivity index (χ0n) is 16.0.